The molecule has 2 aromatic rings. The summed E-state index contributed by atoms with van der Waals surface area (Å²) in [6.07, 6.45) is 5.73. The van der Waals surface area contributed by atoms with Gasteiger partial charge in [0.05, 0.1) is 10.0 Å². The van der Waals surface area contributed by atoms with Crippen LogP contribution in [0.5, 0.6) is 0 Å². The summed E-state index contributed by atoms with van der Waals surface area (Å²) in [6, 6.07) is 8.85. The van der Waals surface area contributed by atoms with Gasteiger partial charge in [-0.15, -0.1) is 0 Å². The number of pyridine rings is 1. The van der Waals surface area contributed by atoms with Crippen molar-refractivity contribution in [2.75, 3.05) is 29.9 Å². The van der Waals surface area contributed by atoms with Crippen LogP contribution in [0, 0.1) is 5.92 Å². The normalized spacial score (nSPS) is 15.0. The molecule has 0 spiro atoms. The highest BCUT2D eigenvalue weighted by Gasteiger charge is 2.20. The predicted octanol–water partition coefficient (Wildman–Crippen LogP) is 4.43. The van der Waals surface area contributed by atoms with Gasteiger partial charge in [-0.2, -0.15) is 0 Å². The summed E-state index contributed by atoms with van der Waals surface area (Å²) in [5, 5.41) is 6.59. The van der Waals surface area contributed by atoms with Gasteiger partial charge in [-0.05, 0) is 49.1 Å². The second-order valence-electron chi connectivity index (χ2n) is 6.10. The molecule has 7 heteroatoms. The van der Waals surface area contributed by atoms with Crippen LogP contribution in [0.25, 0.3) is 0 Å². The number of anilines is 2. The molecule has 3 rings (SSSR count). The van der Waals surface area contributed by atoms with Crippen LogP contribution in [0.3, 0.4) is 0 Å². The maximum atomic E-state index is 12.0. The van der Waals surface area contributed by atoms with Crippen molar-refractivity contribution in [1.82, 2.24) is 10.3 Å². The van der Waals surface area contributed by atoms with Gasteiger partial charge in [-0.1, -0.05) is 23.2 Å². The van der Waals surface area contributed by atoms with E-state index in [4.69, 9.17) is 23.2 Å². The first-order chi connectivity index (χ1) is 12.1. The van der Waals surface area contributed by atoms with Gasteiger partial charge in [0.25, 0.3) is 0 Å². The molecule has 0 bridgehead atoms. The fourth-order valence-corrected chi connectivity index (χ4v) is 3.23. The Kier molecular flexibility index (Phi) is 6.00. The lowest BCUT2D eigenvalue weighted by Gasteiger charge is -2.33. The SMILES string of the molecule is O=C(NCC1CCN(c2ccncc2)CC1)Nc1ccc(Cl)c(Cl)c1. The van der Waals surface area contributed by atoms with Gasteiger partial charge in [-0.25, -0.2) is 4.79 Å². The molecule has 1 aromatic heterocycles. The Hall–Kier alpha value is -1.98. The van der Waals surface area contributed by atoms with Gasteiger partial charge in [0, 0.05) is 43.4 Å². The van der Waals surface area contributed by atoms with Gasteiger partial charge in [0.1, 0.15) is 0 Å². The average Bonchev–Trinajstić information content (AvgIpc) is 2.64. The number of amides is 2. The summed E-state index contributed by atoms with van der Waals surface area (Å²) < 4.78 is 0. The van der Waals surface area contributed by atoms with Crippen molar-refractivity contribution in [3.63, 3.8) is 0 Å². The molecule has 25 heavy (non-hydrogen) atoms. The standard InChI is InChI=1S/C18H20Cl2N4O/c19-16-2-1-14(11-17(16)20)23-18(25)22-12-13-5-9-24(10-6-13)15-3-7-21-8-4-15/h1-4,7-8,11,13H,5-6,9-10,12H2,(H2,22,23,25). The van der Waals surface area contributed by atoms with Crippen molar-refractivity contribution >= 4 is 40.6 Å². The van der Waals surface area contributed by atoms with E-state index in [2.05, 4.69) is 20.5 Å². The molecule has 2 heterocycles. The maximum absolute atomic E-state index is 12.0. The first kappa shape index (κ1) is 17.8. The molecule has 132 valence electrons. The first-order valence-corrected chi connectivity index (χ1v) is 9.02. The monoisotopic (exact) mass is 378 g/mol. The number of rotatable bonds is 4. The number of carbonyl (C=O) groups is 1. The number of benzene rings is 1. The van der Waals surface area contributed by atoms with Crippen LogP contribution < -0.4 is 15.5 Å². The molecular weight excluding hydrogens is 359 g/mol. The van der Waals surface area contributed by atoms with Crippen LogP contribution >= 0.6 is 23.2 Å². The van der Waals surface area contributed by atoms with Crippen LogP contribution in [-0.4, -0.2) is 30.6 Å². The molecule has 0 radical (unpaired) electrons. The highest BCUT2D eigenvalue weighted by Crippen LogP contribution is 2.25. The second-order valence-corrected chi connectivity index (χ2v) is 6.91. The van der Waals surface area contributed by atoms with E-state index in [9.17, 15) is 4.79 Å². The third-order valence-corrected chi connectivity index (χ3v) is 5.11. The maximum Gasteiger partial charge on any atom is 0.319 e. The fourth-order valence-electron chi connectivity index (χ4n) is 2.94. The van der Waals surface area contributed by atoms with Crippen LogP contribution in [0.2, 0.25) is 10.0 Å². The van der Waals surface area contributed by atoms with Gasteiger partial charge in [0.2, 0.25) is 0 Å². The van der Waals surface area contributed by atoms with Crippen LogP contribution in [0.15, 0.2) is 42.7 Å². The number of nitrogens with zero attached hydrogens (tertiary/aromatic N) is 2. The van der Waals surface area contributed by atoms with Gasteiger partial charge in [0.15, 0.2) is 0 Å². The van der Waals surface area contributed by atoms with E-state index in [1.807, 2.05) is 24.5 Å². The molecular formula is C18H20Cl2N4O. The van der Waals surface area contributed by atoms with Crippen molar-refractivity contribution < 1.29 is 4.79 Å². The van der Waals surface area contributed by atoms with E-state index < -0.39 is 0 Å². The number of hydrogen-bond donors (Lipinski definition) is 2. The summed E-state index contributed by atoms with van der Waals surface area (Å²) in [4.78, 5) is 18.4. The molecule has 1 aliphatic rings. The summed E-state index contributed by atoms with van der Waals surface area (Å²) in [6.45, 7) is 2.65. The highest BCUT2D eigenvalue weighted by molar-refractivity contribution is 6.42. The largest absolute Gasteiger partial charge is 0.371 e. The topological polar surface area (TPSA) is 57.3 Å². The average molecular weight is 379 g/mol. The fraction of sp³-hybridized carbons (Fsp3) is 0.333. The summed E-state index contributed by atoms with van der Waals surface area (Å²) in [7, 11) is 0. The van der Waals surface area contributed by atoms with Crippen molar-refractivity contribution in [3.05, 3.63) is 52.8 Å². The van der Waals surface area contributed by atoms with E-state index in [1.54, 1.807) is 18.2 Å². The van der Waals surface area contributed by atoms with Gasteiger partial charge >= 0.3 is 6.03 Å². The van der Waals surface area contributed by atoms with Crippen LogP contribution in [0.1, 0.15) is 12.8 Å². The van der Waals surface area contributed by atoms with E-state index in [1.165, 1.54) is 5.69 Å². The van der Waals surface area contributed by atoms with Gasteiger partial charge in [-0.3, -0.25) is 4.98 Å². The quantitative estimate of drug-likeness (QED) is 0.827. The Morgan fingerprint density at radius 1 is 1.12 bits per heavy atom. The van der Waals surface area contributed by atoms with Crippen LogP contribution in [-0.2, 0) is 0 Å². The minimum Gasteiger partial charge on any atom is -0.371 e. The van der Waals surface area contributed by atoms with Gasteiger partial charge < -0.3 is 15.5 Å². The number of hydrogen-bond acceptors (Lipinski definition) is 3. The Morgan fingerprint density at radius 2 is 1.84 bits per heavy atom. The minimum atomic E-state index is -0.227. The van der Waals surface area contributed by atoms with Crippen molar-refractivity contribution in [1.29, 1.82) is 0 Å². The molecule has 2 amide bonds. The molecule has 1 aliphatic heterocycles. The number of urea groups is 1. The zero-order valence-electron chi connectivity index (χ0n) is 13.7. The van der Waals surface area contributed by atoms with E-state index in [0.29, 0.717) is 28.2 Å². The Morgan fingerprint density at radius 3 is 2.52 bits per heavy atom. The zero-order valence-corrected chi connectivity index (χ0v) is 15.2. The third-order valence-electron chi connectivity index (χ3n) is 4.37. The Bertz CT molecular complexity index is 718. The smallest absolute Gasteiger partial charge is 0.319 e. The van der Waals surface area contributed by atoms with E-state index in [-0.39, 0.29) is 6.03 Å². The second kappa shape index (κ2) is 8.41. The van der Waals surface area contributed by atoms with E-state index in [0.717, 1.165) is 25.9 Å². The lowest BCUT2D eigenvalue weighted by Crippen LogP contribution is -2.39. The lowest BCUT2D eigenvalue weighted by molar-refractivity contribution is 0.248. The molecule has 0 unspecified atom stereocenters. The summed E-state index contributed by atoms with van der Waals surface area (Å²) in [5.41, 5.74) is 1.83. The molecule has 0 saturated carbocycles. The third kappa shape index (κ3) is 5.00. The minimum absolute atomic E-state index is 0.227. The molecule has 0 aliphatic carbocycles. The van der Waals surface area contributed by atoms with Crippen molar-refractivity contribution in [3.8, 4) is 0 Å². The molecule has 2 N–H and O–H groups in total. The first-order valence-electron chi connectivity index (χ1n) is 8.26. The lowest BCUT2D eigenvalue weighted by atomic mass is 9.96. The molecule has 1 fully saturated rings. The van der Waals surface area contributed by atoms with Crippen molar-refractivity contribution in [2.45, 2.75) is 12.8 Å². The number of piperidine rings is 1. The summed E-state index contributed by atoms with van der Waals surface area (Å²) in [5.74, 6) is 0.484. The molecule has 1 aromatic carbocycles. The van der Waals surface area contributed by atoms with Crippen molar-refractivity contribution in [2.24, 2.45) is 5.92 Å². The predicted molar refractivity (Wildman–Crippen MR) is 103 cm³/mol. The molecule has 5 nitrogen and oxygen atoms in total. The van der Waals surface area contributed by atoms with E-state index >= 15 is 0 Å². The Labute approximate surface area is 157 Å². The number of carbonyl (C=O) groups excluding carboxylic acids is 1. The highest BCUT2D eigenvalue weighted by atomic mass is 35.5. The summed E-state index contributed by atoms with van der Waals surface area (Å²) >= 11 is 11.8. The number of nitrogens with one attached hydrogen (secondary N) is 2. The zero-order chi connectivity index (χ0) is 17.6. The van der Waals surface area contributed by atoms with Crippen LogP contribution in [0.4, 0.5) is 16.2 Å². The number of aromatic nitrogens is 1. The number of halogens is 2. The Balaban J connectivity index is 1.42. The molecule has 1 saturated heterocycles. The molecule has 0 atom stereocenters.